The second-order valence-corrected chi connectivity index (χ2v) is 4.77. The first-order chi connectivity index (χ1) is 8.74. The summed E-state index contributed by atoms with van der Waals surface area (Å²) in [5.41, 5.74) is 0.827. The first-order valence-electron chi connectivity index (χ1n) is 5.23. The quantitative estimate of drug-likeness (QED) is 0.779. The number of nitriles is 1. The van der Waals surface area contributed by atoms with Gasteiger partial charge >= 0.3 is 0 Å². The third-order valence-electron chi connectivity index (χ3n) is 2.22. The van der Waals surface area contributed by atoms with Crippen molar-refractivity contribution in [1.29, 1.82) is 5.26 Å². The van der Waals surface area contributed by atoms with Gasteiger partial charge in [-0.25, -0.2) is 0 Å². The summed E-state index contributed by atoms with van der Waals surface area (Å²) in [5, 5.41) is 20.6. The molecule has 0 spiro atoms. The van der Waals surface area contributed by atoms with Crippen LogP contribution in [0.15, 0.2) is 29.4 Å². The Bertz CT molecular complexity index is 560. The first kappa shape index (κ1) is 12.4. The number of aromatic nitrogens is 4. The number of hydrogen-bond acceptors (Lipinski definition) is 6. The fourth-order valence-corrected chi connectivity index (χ4v) is 2.02. The number of thioether (sulfide) groups is 1. The van der Waals surface area contributed by atoms with Gasteiger partial charge in [0.1, 0.15) is 5.75 Å². The Kier molecular flexibility index (Phi) is 3.79. The molecule has 2 aromatic rings. The second kappa shape index (κ2) is 5.51. The van der Waals surface area contributed by atoms with Crippen molar-refractivity contribution in [2.45, 2.75) is 17.3 Å². The fourth-order valence-electron chi connectivity index (χ4n) is 1.32. The van der Waals surface area contributed by atoms with Crippen molar-refractivity contribution in [3.8, 4) is 17.5 Å². The van der Waals surface area contributed by atoms with Gasteiger partial charge < -0.3 is 4.74 Å². The van der Waals surface area contributed by atoms with Crippen molar-refractivity contribution < 1.29 is 4.74 Å². The molecule has 1 unspecified atom stereocenters. The lowest BCUT2D eigenvalue weighted by molar-refractivity contribution is 0.414. The van der Waals surface area contributed by atoms with E-state index in [0.717, 1.165) is 11.4 Å². The van der Waals surface area contributed by atoms with E-state index < -0.39 is 0 Å². The zero-order chi connectivity index (χ0) is 13.0. The smallest absolute Gasteiger partial charge is 0.215 e. The maximum Gasteiger partial charge on any atom is 0.215 e. The standard InChI is InChI=1S/C11H11N5OS/c1-8(7-12)18-11-13-14-15-16(11)9-3-5-10(17-2)6-4-9/h3-6,8H,1-2H3. The number of benzene rings is 1. The van der Waals surface area contributed by atoms with E-state index in [-0.39, 0.29) is 5.25 Å². The molecule has 6 nitrogen and oxygen atoms in total. The number of rotatable bonds is 4. The van der Waals surface area contributed by atoms with Crippen LogP contribution in [0.5, 0.6) is 5.75 Å². The molecule has 0 saturated heterocycles. The molecule has 1 atom stereocenters. The monoisotopic (exact) mass is 261 g/mol. The lowest BCUT2D eigenvalue weighted by Crippen LogP contribution is -2.01. The van der Waals surface area contributed by atoms with Crippen molar-refractivity contribution in [3.63, 3.8) is 0 Å². The molecule has 1 aromatic heterocycles. The highest BCUT2D eigenvalue weighted by atomic mass is 32.2. The molecule has 0 N–H and O–H groups in total. The van der Waals surface area contributed by atoms with Crippen molar-refractivity contribution in [2.75, 3.05) is 7.11 Å². The van der Waals surface area contributed by atoms with Crippen molar-refractivity contribution in [1.82, 2.24) is 20.2 Å². The minimum absolute atomic E-state index is 0.201. The van der Waals surface area contributed by atoms with Crippen LogP contribution in [0.3, 0.4) is 0 Å². The number of hydrogen-bond donors (Lipinski definition) is 0. The summed E-state index contributed by atoms with van der Waals surface area (Å²) in [6.07, 6.45) is 0. The molecular weight excluding hydrogens is 250 g/mol. The highest BCUT2D eigenvalue weighted by Crippen LogP contribution is 2.23. The molecular formula is C11H11N5OS. The van der Waals surface area contributed by atoms with Crippen molar-refractivity contribution in [3.05, 3.63) is 24.3 Å². The average Bonchev–Trinajstić information content (AvgIpc) is 2.86. The Morgan fingerprint density at radius 3 is 2.72 bits per heavy atom. The summed E-state index contributed by atoms with van der Waals surface area (Å²) in [6, 6.07) is 9.51. The lowest BCUT2D eigenvalue weighted by atomic mass is 10.3. The Morgan fingerprint density at radius 1 is 1.39 bits per heavy atom. The van der Waals surface area contributed by atoms with E-state index >= 15 is 0 Å². The highest BCUT2D eigenvalue weighted by Gasteiger charge is 2.12. The predicted molar refractivity (Wildman–Crippen MR) is 66.6 cm³/mol. The van der Waals surface area contributed by atoms with Gasteiger partial charge in [0.05, 0.1) is 24.1 Å². The molecule has 1 aromatic carbocycles. The van der Waals surface area contributed by atoms with Crippen LogP contribution in [-0.2, 0) is 0 Å². The molecule has 7 heteroatoms. The summed E-state index contributed by atoms with van der Waals surface area (Å²) in [4.78, 5) is 0. The third-order valence-corrected chi connectivity index (χ3v) is 3.15. The second-order valence-electron chi connectivity index (χ2n) is 3.46. The minimum Gasteiger partial charge on any atom is -0.497 e. The molecule has 0 radical (unpaired) electrons. The van der Waals surface area contributed by atoms with Crippen molar-refractivity contribution in [2.24, 2.45) is 0 Å². The average molecular weight is 261 g/mol. The molecule has 0 amide bonds. The van der Waals surface area contributed by atoms with E-state index in [9.17, 15) is 0 Å². The van der Waals surface area contributed by atoms with Crippen molar-refractivity contribution >= 4 is 11.8 Å². The number of tetrazole rings is 1. The zero-order valence-electron chi connectivity index (χ0n) is 9.94. The van der Waals surface area contributed by atoms with Crippen LogP contribution in [0.1, 0.15) is 6.92 Å². The third kappa shape index (κ3) is 2.60. The fraction of sp³-hybridized carbons (Fsp3) is 0.273. The Labute approximate surface area is 109 Å². The largest absolute Gasteiger partial charge is 0.497 e. The van der Waals surface area contributed by atoms with Crippen LogP contribution < -0.4 is 4.74 Å². The lowest BCUT2D eigenvalue weighted by Gasteiger charge is -2.05. The van der Waals surface area contributed by atoms with Gasteiger partial charge in [-0.1, -0.05) is 11.8 Å². The molecule has 92 valence electrons. The zero-order valence-corrected chi connectivity index (χ0v) is 10.8. The molecule has 18 heavy (non-hydrogen) atoms. The van der Waals surface area contributed by atoms with Gasteiger partial charge in [0.15, 0.2) is 0 Å². The van der Waals surface area contributed by atoms with E-state index in [1.165, 1.54) is 11.8 Å². The van der Waals surface area contributed by atoms with Crippen LogP contribution >= 0.6 is 11.8 Å². The van der Waals surface area contributed by atoms with Crippen LogP contribution in [0, 0.1) is 11.3 Å². The SMILES string of the molecule is COc1ccc(-n2nnnc2SC(C)C#N)cc1. The molecule has 0 bridgehead atoms. The maximum atomic E-state index is 8.80. The molecule has 0 aliphatic rings. The summed E-state index contributed by atoms with van der Waals surface area (Å²) in [5.74, 6) is 0.770. The molecule has 1 heterocycles. The van der Waals surface area contributed by atoms with Crippen LogP contribution in [0.25, 0.3) is 5.69 Å². The Balaban J connectivity index is 2.27. The molecule has 0 fully saturated rings. The Hall–Kier alpha value is -2.07. The van der Waals surface area contributed by atoms with Gasteiger partial charge in [-0.2, -0.15) is 9.94 Å². The molecule has 2 rings (SSSR count). The van der Waals surface area contributed by atoms with E-state index in [0.29, 0.717) is 5.16 Å². The summed E-state index contributed by atoms with van der Waals surface area (Å²) in [6.45, 7) is 1.80. The van der Waals surface area contributed by atoms with Gasteiger partial charge in [0, 0.05) is 0 Å². The Morgan fingerprint density at radius 2 is 2.11 bits per heavy atom. The van der Waals surface area contributed by atoms with Gasteiger partial charge in [-0.05, 0) is 41.6 Å². The van der Waals surface area contributed by atoms with Crippen LogP contribution in [0.2, 0.25) is 0 Å². The number of nitrogens with zero attached hydrogens (tertiary/aromatic N) is 5. The maximum absolute atomic E-state index is 8.80. The summed E-state index contributed by atoms with van der Waals surface area (Å²) >= 11 is 1.32. The summed E-state index contributed by atoms with van der Waals surface area (Å²) < 4.78 is 6.68. The van der Waals surface area contributed by atoms with Gasteiger partial charge in [-0.15, -0.1) is 5.10 Å². The van der Waals surface area contributed by atoms with Crippen LogP contribution in [0.4, 0.5) is 0 Å². The number of ether oxygens (including phenoxy) is 1. The highest BCUT2D eigenvalue weighted by molar-refractivity contribution is 8.00. The molecule has 0 aliphatic heterocycles. The van der Waals surface area contributed by atoms with Gasteiger partial charge in [0.25, 0.3) is 0 Å². The minimum atomic E-state index is -0.201. The van der Waals surface area contributed by atoms with E-state index in [1.807, 2.05) is 24.3 Å². The topological polar surface area (TPSA) is 76.6 Å². The van der Waals surface area contributed by atoms with E-state index in [2.05, 4.69) is 21.6 Å². The first-order valence-corrected chi connectivity index (χ1v) is 6.11. The van der Waals surface area contributed by atoms with Gasteiger partial charge in [-0.3, -0.25) is 0 Å². The molecule has 0 saturated carbocycles. The predicted octanol–water partition coefficient (Wildman–Crippen LogP) is 1.68. The molecule has 0 aliphatic carbocycles. The van der Waals surface area contributed by atoms with Gasteiger partial charge in [0.2, 0.25) is 5.16 Å². The summed E-state index contributed by atoms with van der Waals surface area (Å²) in [7, 11) is 1.61. The van der Waals surface area contributed by atoms with Crippen LogP contribution in [-0.4, -0.2) is 32.6 Å². The van der Waals surface area contributed by atoms with E-state index in [1.54, 1.807) is 18.7 Å². The van der Waals surface area contributed by atoms with E-state index in [4.69, 9.17) is 10.00 Å². The normalized spacial score (nSPS) is 11.8. The number of methoxy groups -OCH3 is 1.